The van der Waals surface area contributed by atoms with Crippen LogP contribution in [0.25, 0.3) is 5.69 Å². The summed E-state index contributed by atoms with van der Waals surface area (Å²) >= 11 is 0. The van der Waals surface area contributed by atoms with Gasteiger partial charge < -0.3 is 21.3 Å². The summed E-state index contributed by atoms with van der Waals surface area (Å²) < 4.78 is 1.47. The summed E-state index contributed by atoms with van der Waals surface area (Å²) in [7, 11) is 0. The Hall–Kier alpha value is -2.75. The van der Waals surface area contributed by atoms with E-state index in [1.165, 1.54) is 4.57 Å². The molecule has 0 atom stereocenters. The first kappa shape index (κ1) is 19.2. The van der Waals surface area contributed by atoms with Crippen LogP contribution in [0, 0.1) is 0 Å². The van der Waals surface area contributed by atoms with Crippen molar-refractivity contribution in [2.75, 3.05) is 31.5 Å². The number of carbonyl (C=O) groups excluding carboxylic acids is 1. The van der Waals surface area contributed by atoms with E-state index < -0.39 is 5.69 Å². The van der Waals surface area contributed by atoms with E-state index in [2.05, 4.69) is 20.9 Å². The number of aromatic nitrogens is 2. The van der Waals surface area contributed by atoms with E-state index in [0.29, 0.717) is 13.1 Å². The lowest BCUT2D eigenvalue weighted by atomic mass is 9.44. The molecule has 2 aromatic rings. The summed E-state index contributed by atoms with van der Waals surface area (Å²) in [5, 5.41) is 9.52. The third-order valence-electron chi connectivity index (χ3n) is 6.40. The number of nitrogens with zero attached hydrogens (tertiary/aromatic N) is 3. The molecular formula is C21H27N7O2. The van der Waals surface area contributed by atoms with Gasteiger partial charge in [0.05, 0.1) is 5.69 Å². The normalized spacial score (nSPS) is 27.2. The van der Waals surface area contributed by atoms with Crippen molar-refractivity contribution in [1.29, 1.82) is 0 Å². The number of amides is 2. The van der Waals surface area contributed by atoms with E-state index in [1.807, 2.05) is 24.3 Å². The van der Waals surface area contributed by atoms with Crippen LogP contribution in [0.4, 0.5) is 10.6 Å². The summed E-state index contributed by atoms with van der Waals surface area (Å²) in [5.41, 5.74) is 7.93. The standard InChI is InChI=1S/C21H27N7O2/c22-20-12-21(13-20,14-20)24-11-15-1-3-16(4-2-15)28-8-5-17(26-19(28)30)25-18(29)27-9-6-23-7-10-27/h1-5,8,23-24H,6-7,9-14,22H2,(H,25,26,29,30). The van der Waals surface area contributed by atoms with Crippen molar-refractivity contribution < 1.29 is 4.79 Å². The lowest BCUT2D eigenvalue weighted by Gasteiger charge is -2.69. The van der Waals surface area contributed by atoms with Gasteiger partial charge in [-0.1, -0.05) is 12.1 Å². The number of nitrogens with two attached hydrogens (primary N) is 1. The van der Waals surface area contributed by atoms with Gasteiger partial charge in [0.2, 0.25) is 0 Å². The minimum absolute atomic E-state index is 0.0989. The first-order valence-corrected chi connectivity index (χ1v) is 10.4. The number of piperazine rings is 1. The van der Waals surface area contributed by atoms with E-state index in [-0.39, 0.29) is 22.9 Å². The van der Waals surface area contributed by atoms with Crippen LogP contribution in [0.15, 0.2) is 41.3 Å². The molecule has 4 fully saturated rings. The average molecular weight is 409 g/mol. The molecule has 2 bridgehead atoms. The molecule has 6 rings (SSSR count). The number of hydrogen-bond acceptors (Lipinski definition) is 6. The van der Waals surface area contributed by atoms with Crippen molar-refractivity contribution in [2.24, 2.45) is 5.73 Å². The lowest BCUT2D eigenvalue weighted by molar-refractivity contribution is -0.0797. The molecule has 2 heterocycles. The predicted octanol–water partition coefficient (Wildman–Crippen LogP) is 0.393. The van der Waals surface area contributed by atoms with Crippen LogP contribution < -0.4 is 27.4 Å². The third-order valence-corrected chi connectivity index (χ3v) is 6.40. The molecule has 4 aliphatic rings. The summed E-state index contributed by atoms with van der Waals surface area (Å²) in [6, 6.07) is 9.25. The summed E-state index contributed by atoms with van der Waals surface area (Å²) in [4.78, 5) is 30.5. The van der Waals surface area contributed by atoms with E-state index in [0.717, 1.165) is 50.1 Å². The highest BCUT2D eigenvalue weighted by Crippen LogP contribution is 2.58. The number of benzene rings is 1. The summed E-state index contributed by atoms with van der Waals surface area (Å²) in [6.07, 6.45) is 4.84. The van der Waals surface area contributed by atoms with E-state index in [4.69, 9.17) is 5.73 Å². The fourth-order valence-corrected chi connectivity index (χ4v) is 4.84. The Morgan fingerprint density at radius 1 is 1.13 bits per heavy atom. The van der Waals surface area contributed by atoms with Crippen molar-refractivity contribution >= 4 is 11.8 Å². The Balaban J connectivity index is 1.21. The summed E-state index contributed by atoms with van der Waals surface area (Å²) in [6.45, 7) is 3.60. The fraction of sp³-hybridized carbons (Fsp3) is 0.476. The van der Waals surface area contributed by atoms with Crippen molar-refractivity contribution in [3.63, 3.8) is 0 Å². The minimum Gasteiger partial charge on any atom is -0.325 e. The van der Waals surface area contributed by atoms with Gasteiger partial charge in [-0.25, -0.2) is 9.59 Å². The van der Waals surface area contributed by atoms with Gasteiger partial charge in [0.1, 0.15) is 5.82 Å². The van der Waals surface area contributed by atoms with Gasteiger partial charge in [0.15, 0.2) is 0 Å². The molecule has 1 aromatic heterocycles. The molecule has 9 heteroatoms. The van der Waals surface area contributed by atoms with Crippen LogP contribution >= 0.6 is 0 Å². The van der Waals surface area contributed by atoms with Gasteiger partial charge in [-0.2, -0.15) is 4.98 Å². The molecule has 0 unspecified atom stereocenters. The Morgan fingerprint density at radius 2 is 1.83 bits per heavy atom. The molecule has 158 valence electrons. The van der Waals surface area contributed by atoms with Crippen LogP contribution in [0.1, 0.15) is 24.8 Å². The van der Waals surface area contributed by atoms with Gasteiger partial charge in [0.25, 0.3) is 0 Å². The van der Waals surface area contributed by atoms with Crippen molar-refractivity contribution in [1.82, 2.24) is 25.1 Å². The molecule has 3 saturated carbocycles. The number of hydrogen-bond donors (Lipinski definition) is 4. The SMILES string of the molecule is NC12CC(NCc3ccc(-n4ccc(NC(=O)N5CCNCC5)nc4=O)cc3)(C1)C2. The Kier molecular flexibility index (Phi) is 4.61. The molecule has 9 nitrogen and oxygen atoms in total. The molecule has 0 spiro atoms. The molecular weight excluding hydrogens is 382 g/mol. The molecule has 1 saturated heterocycles. The quantitative estimate of drug-likeness (QED) is 0.568. The number of carbonyl (C=O) groups is 1. The van der Waals surface area contributed by atoms with Crippen LogP contribution in [-0.4, -0.2) is 57.7 Å². The second-order valence-electron chi connectivity index (χ2n) is 8.83. The van der Waals surface area contributed by atoms with Crippen molar-refractivity contribution in [3.05, 3.63) is 52.6 Å². The first-order chi connectivity index (χ1) is 14.4. The maximum absolute atomic E-state index is 12.5. The van der Waals surface area contributed by atoms with Crippen LogP contribution in [0.5, 0.6) is 0 Å². The number of rotatable bonds is 5. The average Bonchev–Trinajstić information content (AvgIpc) is 2.71. The molecule has 1 aliphatic heterocycles. The van der Waals surface area contributed by atoms with Gasteiger partial charge in [-0.3, -0.25) is 9.88 Å². The number of nitrogens with one attached hydrogen (secondary N) is 3. The van der Waals surface area contributed by atoms with Gasteiger partial charge in [0, 0.05) is 50.0 Å². The van der Waals surface area contributed by atoms with Gasteiger partial charge in [-0.15, -0.1) is 0 Å². The maximum Gasteiger partial charge on any atom is 0.354 e. The largest absolute Gasteiger partial charge is 0.354 e. The van der Waals surface area contributed by atoms with E-state index in [1.54, 1.807) is 17.2 Å². The smallest absolute Gasteiger partial charge is 0.325 e. The van der Waals surface area contributed by atoms with Gasteiger partial charge >= 0.3 is 11.7 Å². The second-order valence-corrected chi connectivity index (χ2v) is 8.83. The zero-order chi connectivity index (χ0) is 20.8. The zero-order valence-electron chi connectivity index (χ0n) is 16.9. The highest BCUT2D eigenvalue weighted by Gasteiger charge is 2.65. The van der Waals surface area contributed by atoms with Crippen LogP contribution in [0.2, 0.25) is 0 Å². The van der Waals surface area contributed by atoms with Crippen LogP contribution in [0.3, 0.4) is 0 Å². The third kappa shape index (κ3) is 3.60. The monoisotopic (exact) mass is 409 g/mol. The molecule has 1 aromatic carbocycles. The molecule has 2 amide bonds. The topological polar surface area (TPSA) is 117 Å². The van der Waals surface area contributed by atoms with Crippen LogP contribution in [-0.2, 0) is 6.54 Å². The molecule has 0 radical (unpaired) electrons. The molecule has 5 N–H and O–H groups in total. The van der Waals surface area contributed by atoms with E-state index in [9.17, 15) is 9.59 Å². The first-order valence-electron chi connectivity index (χ1n) is 10.4. The number of urea groups is 1. The lowest BCUT2D eigenvalue weighted by Crippen LogP contribution is -2.81. The Morgan fingerprint density at radius 3 is 2.47 bits per heavy atom. The number of anilines is 1. The second kappa shape index (κ2) is 7.19. The summed E-state index contributed by atoms with van der Waals surface area (Å²) in [5.74, 6) is 0.261. The maximum atomic E-state index is 12.5. The van der Waals surface area contributed by atoms with Gasteiger partial charge in [-0.05, 0) is 43.0 Å². The molecule has 30 heavy (non-hydrogen) atoms. The predicted molar refractivity (Wildman–Crippen MR) is 114 cm³/mol. The zero-order valence-corrected chi connectivity index (χ0v) is 16.9. The highest BCUT2D eigenvalue weighted by molar-refractivity contribution is 5.88. The minimum atomic E-state index is -0.430. The Labute approximate surface area is 174 Å². The highest BCUT2D eigenvalue weighted by atomic mass is 16.2. The van der Waals surface area contributed by atoms with Crippen molar-refractivity contribution in [3.8, 4) is 5.69 Å². The fourth-order valence-electron chi connectivity index (χ4n) is 4.84. The van der Waals surface area contributed by atoms with Crippen molar-refractivity contribution in [2.45, 2.75) is 36.9 Å². The molecule has 3 aliphatic carbocycles. The Bertz CT molecular complexity index is 991. The van der Waals surface area contributed by atoms with E-state index >= 15 is 0 Å².